The van der Waals surface area contributed by atoms with Gasteiger partial charge in [0.1, 0.15) is 5.75 Å². The molecule has 0 aliphatic heterocycles. The molecule has 0 saturated carbocycles. The van der Waals surface area contributed by atoms with Crippen LogP contribution in [0.5, 0.6) is 17.2 Å². The van der Waals surface area contributed by atoms with Gasteiger partial charge in [-0.3, -0.25) is 0 Å². The van der Waals surface area contributed by atoms with E-state index >= 15 is 0 Å². The number of alkyl halides is 3. The van der Waals surface area contributed by atoms with Crippen LogP contribution in [0.1, 0.15) is 12.5 Å². The monoisotopic (exact) mass is 376 g/mol. The summed E-state index contributed by atoms with van der Waals surface area (Å²) < 4.78 is 79.8. The number of rotatable bonds is 5. The normalized spacial score (nSPS) is 12.4. The topological polar surface area (TPSA) is 44.8 Å². The predicted octanol–water partition coefficient (Wildman–Crippen LogP) is 4.72. The van der Waals surface area contributed by atoms with Crippen molar-refractivity contribution in [1.29, 1.82) is 0 Å². The molecule has 0 heterocycles. The lowest BCUT2D eigenvalue weighted by Gasteiger charge is -2.14. The molecule has 1 atom stereocenters. The van der Waals surface area contributed by atoms with Gasteiger partial charge in [0.05, 0.1) is 12.7 Å². The highest BCUT2D eigenvalue weighted by Crippen LogP contribution is 2.34. The Balaban J connectivity index is 2.16. The molecule has 0 aliphatic carbocycles. The van der Waals surface area contributed by atoms with Crippen LogP contribution in [0.4, 0.5) is 22.0 Å². The molecule has 0 aliphatic rings. The Morgan fingerprint density at radius 1 is 1.00 bits per heavy atom. The fourth-order valence-electron chi connectivity index (χ4n) is 1.93. The van der Waals surface area contributed by atoms with Gasteiger partial charge in [0.25, 0.3) is 0 Å². The molecule has 2 aromatic carbocycles. The number of benzene rings is 2. The summed E-state index contributed by atoms with van der Waals surface area (Å²) in [6, 6.07) is 4.90. The van der Waals surface area contributed by atoms with Crippen molar-refractivity contribution in [2.45, 2.75) is 19.2 Å². The third kappa shape index (κ3) is 4.62. The van der Waals surface area contributed by atoms with Gasteiger partial charge in [-0.25, -0.2) is 13.6 Å². The Hall–Kier alpha value is -2.84. The van der Waals surface area contributed by atoms with Gasteiger partial charge < -0.3 is 14.2 Å². The highest BCUT2D eigenvalue weighted by molar-refractivity contribution is 5.74. The maximum atomic E-state index is 14.0. The van der Waals surface area contributed by atoms with E-state index in [1.807, 2.05) is 0 Å². The van der Waals surface area contributed by atoms with Crippen molar-refractivity contribution in [3.05, 3.63) is 53.6 Å². The Labute approximate surface area is 145 Å². The third-order valence-electron chi connectivity index (χ3n) is 3.23. The molecule has 0 amide bonds. The van der Waals surface area contributed by atoms with Crippen LogP contribution in [0.15, 0.2) is 36.4 Å². The second kappa shape index (κ2) is 7.59. The molecule has 0 aromatic heterocycles. The van der Waals surface area contributed by atoms with Crippen molar-refractivity contribution in [3.8, 4) is 17.2 Å². The minimum atomic E-state index is -4.69. The van der Waals surface area contributed by atoms with E-state index in [0.717, 1.165) is 25.3 Å². The van der Waals surface area contributed by atoms with Crippen molar-refractivity contribution in [2.24, 2.45) is 0 Å². The number of ether oxygens (including phenoxy) is 3. The Morgan fingerprint density at radius 2 is 1.62 bits per heavy atom. The first kappa shape index (κ1) is 19.5. The second-order valence-electron chi connectivity index (χ2n) is 5.12. The molecule has 2 aromatic rings. The number of esters is 1. The van der Waals surface area contributed by atoms with Crippen molar-refractivity contribution < 1.29 is 41.0 Å². The molecule has 0 radical (unpaired) electrons. The number of hydrogen-bond donors (Lipinski definition) is 0. The Kier molecular flexibility index (Phi) is 5.69. The SMILES string of the molecule is COC(=O)C(C)Oc1ccc(Oc2ccc(C(F)(F)F)cc2F)cc1F. The van der Waals surface area contributed by atoms with Crippen LogP contribution in [-0.4, -0.2) is 19.2 Å². The minimum absolute atomic E-state index is 0.167. The minimum Gasteiger partial charge on any atom is -0.476 e. The van der Waals surface area contributed by atoms with E-state index in [0.29, 0.717) is 6.07 Å². The van der Waals surface area contributed by atoms with Crippen LogP contribution >= 0.6 is 0 Å². The van der Waals surface area contributed by atoms with E-state index in [1.54, 1.807) is 0 Å². The largest absolute Gasteiger partial charge is 0.476 e. The first-order chi connectivity index (χ1) is 12.1. The Morgan fingerprint density at radius 3 is 2.15 bits per heavy atom. The number of carbonyl (C=O) groups excluding carboxylic acids is 1. The van der Waals surface area contributed by atoms with Crippen LogP contribution in [0.2, 0.25) is 0 Å². The van der Waals surface area contributed by atoms with Gasteiger partial charge in [-0.2, -0.15) is 13.2 Å². The van der Waals surface area contributed by atoms with Crippen LogP contribution in [0.3, 0.4) is 0 Å². The highest BCUT2D eigenvalue weighted by atomic mass is 19.4. The molecule has 140 valence electrons. The standard InChI is InChI=1S/C17H13F5O4/c1-9(16(23)24-2)25-14-6-4-11(8-13(14)19)26-15-5-3-10(7-12(15)18)17(20,21)22/h3-9H,1-2H3. The molecule has 1 unspecified atom stereocenters. The van der Waals surface area contributed by atoms with E-state index in [2.05, 4.69) is 4.74 Å². The van der Waals surface area contributed by atoms with Crippen molar-refractivity contribution >= 4 is 5.97 Å². The van der Waals surface area contributed by atoms with E-state index in [-0.39, 0.29) is 17.6 Å². The first-order valence-corrected chi connectivity index (χ1v) is 7.20. The molecule has 0 fully saturated rings. The highest BCUT2D eigenvalue weighted by Gasteiger charge is 2.31. The first-order valence-electron chi connectivity index (χ1n) is 7.20. The number of hydrogen-bond acceptors (Lipinski definition) is 4. The zero-order valence-electron chi connectivity index (χ0n) is 13.6. The number of methoxy groups -OCH3 is 1. The zero-order chi connectivity index (χ0) is 19.5. The van der Waals surface area contributed by atoms with Gasteiger partial charge >= 0.3 is 12.1 Å². The summed E-state index contributed by atoms with van der Waals surface area (Å²) in [5.41, 5.74) is -1.17. The summed E-state index contributed by atoms with van der Waals surface area (Å²) >= 11 is 0. The van der Waals surface area contributed by atoms with Crippen LogP contribution in [-0.2, 0) is 15.7 Å². The van der Waals surface area contributed by atoms with Gasteiger partial charge in [0, 0.05) is 6.07 Å². The molecule has 0 bridgehead atoms. The van der Waals surface area contributed by atoms with Gasteiger partial charge in [0.15, 0.2) is 29.2 Å². The maximum Gasteiger partial charge on any atom is 0.416 e. The van der Waals surface area contributed by atoms with Gasteiger partial charge in [-0.05, 0) is 37.3 Å². The summed E-state index contributed by atoms with van der Waals surface area (Å²) in [4.78, 5) is 11.3. The van der Waals surface area contributed by atoms with E-state index in [1.165, 1.54) is 13.0 Å². The average molecular weight is 376 g/mol. The van der Waals surface area contributed by atoms with Gasteiger partial charge in [0.2, 0.25) is 0 Å². The van der Waals surface area contributed by atoms with Gasteiger partial charge in [-0.15, -0.1) is 0 Å². The fourth-order valence-corrected chi connectivity index (χ4v) is 1.93. The van der Waals surface area contributed by atoms with Crippen LogP contribution < -0.4 is 9.47 Å². The summed E-state index contributed by atoms with van der Waals surface area (Å²) in [5, 5.41) is 0. The van der Waals surface area contributed by atoms with Crippen molar-refractivity contribution in [2.75, 3.05) is 7.11 Å². The predicted molar refractivity (Wildman–Crippen MR) is 80.0 cm³/mol. The quantitative estimate of drug-likeness (QED) is 0.560. The molecule has 0 N–H and O–H groups in total. The maximum absolute atomic E-state index is 14.0. The molecule has 26 heavy (non-hydrogen) atoms. The summed E-state index contributed by atoms with van der Waals surface area (Å²) in [6.07, 6.45) is -5.76. The number of halogens is 5. The lowest BCUT2D eigenvalue weighted by Crippen LogP contribution is -2.25. The summed E-state index contributed by atoms with van der Waals surface area (Å²) in [6.45, 7) is 1.35. The lowest BCUT2D eigenvalue weighted by atomic mass is 10.2. The number of carbonyl (C=O) groups is 1. The summed E-state index contributed by atoms with van der Waals surface area (Å²) in [5.74, 6) is -3.82. The molecule has 9 heteroatoms. The van der Waals surface area contributed by atoms with E-state index in [9.17, 15) is 26.7 Å². The average Bonchev–Trinajstić information content (AvgIpc) is 2.57. The molecule has 2 rings (SSSR count). The molecular formula is C17H13F5O4. The van der Waals surface area contributed by atoms with Crippen molar-refractivity contribution in [3.63, 3.8) is 0 Å². The zero-order valence-corrected chi connectivity index (χ0v) is 13.6. The fraction of sp³-hybridized carbons (Fsp3) is 0.235. The van der Waals surface area contributed by atoms with Crippen LogP contribution in [0, 0.1) is 11.6 Å². The second-order valence-corrected chi connectivity index (χ2v) is 5.12. The molecule has 0 spiro atoms. The van der Waals surface area contributed by atoms with Crippen LogP contribution in [0.25, 0.3) is 0 Å². The van der Waals surface area contributed by atoms with Gasteiger partial charge in [-0.1, -0.05) is 0 Å². The third-order valence-corrected chi connectivity index (χ3v) is 3.23. The summed E-state index contributed by atoms with van der Waals surface area (Å²) in [7, 11) is 1.15. The molecule has 0 saturated heterocycles. The Bertz CT molecular complexity index is 804. The van der Waals surface area contributed by atoms with E-state index < -0.39 is 41.2 Å². The molecule has 4 nitrogen and oxygen atoms in total. The molecular weight excluding hydrogens is 363 g/mol. The van der Waals surface area contributed by atoms with Crippen molar-refractivity contribution in [1.82, 2.24) is 0 Å². The van der Waals surface area contributed by atoms with E-state index in [4.69, 9.17) is 9.47 Å². The smallest absolute Gasteiger partial charge is 0.416 e. The lowest BCUT2D eigenvalue weighted by molar-refractivity contribution is -0.148.